The minimum Gasteiger partial charge on any atom is -0.504 e. The van der Waals surface area contributed by atoms with E-state index in [1.807, 2.05) is 12.1 Å². The van der Waals surface area contributed by atoms with Crippen molar-refractivity contribution in [1.82, 2.24) is 9.80 Å². The minimum absolute atomic E-state index is 0.0737. The average molecular weight is 413 g/mol. The molecule has 2 aliphatic rings. The molecule has 2 aliphatic heterocycles. The van der Waals surface area contributed by atoms with E-state index in [4.69, 9.17) is 9.47 Å². The van der Waals surface area contributed by atoms with Crippen molar-refractivity contribution in [1.29, 1.82) is 0 Å². The Balaban J connectivity index is 2.14. The van der Waals surface area contributed by atoms with Crippen LogP contribution in [0, 0.1) is 0 Å². The van der Waals surface area contributed by atoms with Crippen LogP contribution in [0.4, 0.5) is 0 Å². The second-order valence-corrected chi connectivity index (χ2v) is 8.56. The van der Waals surface area contributed by atoms with Gasteiger partial charge in [-0.15, -0.1) is 0 Å². The Morgan fingerprint density at radius 2 is 1.13 bits per heavy atom. The SMILES string of the molecule is COc1cc2c(c(-c3c(O)c(OC)cc4c3[C@@H](C)N(C)CC4)c1O)[C@@H](C)N(C)CC2. The molecule has 0 unspecified atom stereocenters. The summed E-state index contributed by atoms with van der Waals surface area (Å²) in [6.07, 6.45) is 1.73. The molecule has 0 aliphatic carbocycles. The summed E-state index contributed by atoms with van der Waals surface area (Å²) in [6.45, 7) is 6.16. The van der Waals surface area contributed by atoms with E-state index in [1.54, 1.807) is 14.2 Å². The molecule has 4 rings (SSSR count). The molecule has 0 amide bonds. The zero-order chi connectivity index (χ0) is 21.7. The highest BCUT2D eigenvalue weighted by molar-refractivity contribution is 5.87. The third-order valence-electron chi connectivity index (χ3n) is 7.10. The van der Waals surface area contributed by atoms with Gasteiger partial charge in [-0.25, -0.2) is 0 Å². The zero-order valence-corrected chi connectivity index (χ0v) is 18.7. The number of hydrogen-bond acceptors (Lipinski definition) is 6. The highest BCUT2D eigenvalue weighted by Gasteiger charge is 2.35. The van der Waals surface area contributed by atoms with Crippen LogP contribution in [0.3, 0.4) is 0 Å². The van der Waals surface area contributed by atoms with Crippen molar-refractivity contribution in [2.75, 3.05) is 41.4 Å². The fourth-order valence-corrected chi connectivity index (χ4v) is 5.04. The lowest BCUT2D eigenvalue weighted by Gasteiger charge is -2.38. The van der Waals surface area contributed by atoms with E-state index in [0.29, 0.717) is 22.6 Å². The molecule has 0 saturated carbocycles. The Labute approximate surface area is 178 Å². The third kappa shape index (κ3) is 3.01. The number of aromatic hydroxyl groups is 2. The van der Waals surface area contributed by atoms with Crippen molar-refractivity contribution < 1.29 is 19.7 Å². The van der Waals surface area contributed by atoms with E-state index in [-0.39, 0.29) is 23.6 Å². The van der Waals surface area contributed by atoms with Crippen LogP contribution in [-0.4, -0.2) is 61.4 Å². The van der Waals surface area contributed by atoms with Crippen LogP contribution >= 0.6 is 0 Å². The average Bonchev–Trinajstić information content (AvgIpc) is 2.74. The molecule has 2 heterocycles. The molecule has 2 atom stereocenters. The van der Waals surface area contributed by atoms with Crippen molar-refractivity contribution in [3.8, 4) is 34.1 Å². The van der Waals surface area contributed by atoms with Crippen LogP contribution in [0.5, 0.6) is 23.0 Å². The number of nitrogens with zero attached hydrogens (tertiary/aromatic N) is 2. The predicted molar refractivity (Wildman–Crippen MR) is 118 cm³/mol. The molecular formula is C24H32N2O4. The first kappa shape index (κ1) is 20.8. The maximum absolute atomic E-state index is 11.3. The van der Waals surface area contributed by atoms with E-state index in [9.17, 15) is 10.2 Å². The van der Waals surface area contributed by atoms with Gasteiger partial charge in [-0.3, -0.25) is 9.80 Å². The third-order valence-corrected chi connectivity index (χ3v) is 7.10. The number of methoxy groups -OCH3 is 2. The fraction of sp³-hybridized carbons (Fsp3) is 0.500. The van der Waals surface area contributed by atoms with Gasteiger partial charge >= 0.3 is 0 Å². The molecule has 2 aromatic carbocycles. The van der Waals surface area contributed by atoms with Crippen molar-refractivity contribution in [3.63, 3.8) is 0 Å². The van der Waals surface area contributed by atoms with Crippen LogP contribution in [-0.2, 0) is 12.8 Å². The summed E-state index contributed by atoms with van der Waals surface area (Å²) in [5.41, 5.74) is 5.73. The molecule has 162 valence electrons. The molecule has 0 radical (unpaired) electrons. The topological polar surface area (TPSA) is 65.4 Å². The fourth-order valence-electron chi connectivity index (χ4n) is 5.04. The van der Waals surface area contributed by atoms with Crippen LogP contribution in [0.25, 0.3) is 11.1 Å². The van der Waals surface area contributed by atoms with E-state index in [0.717, 1.165) is 48.2 Å². The molecule has 0 bridgehead atoms. The summed E-state index contributed by atoms with van der Waals surface area (Å²) >= 11 is 0. The number of benzene rings is 2. The Bertz CT molecular complexity index is 909. The molecule has 2 N–H and O–H groups in total. The summed E-state index contributed by atoms with van der Waals surface area (Å²) in [5.74, 6) is 1.02. The standard InChI is InChI=1S/C24H32N2O4/c1-13-19-15(7-9-25(13)3)11-17(29-5)23(27)21(19)22-20-14(2)26(4)10-8-16(20)12-18(30-6)24(22)28/h11-14,27-28H,7-10H2,1-6H3/t13-,14-/m1/s1. The van der Waals surface area contributed by atoms with Crippen molar-refractivity contribution in [2.24, 2.45) is 0 Å². The summed E-state index contributed by atoms with van der Waals surface area (Å²) in [5, 5.41) is 22.7. The monoisotopic (exact) mass is 412 g/mol. The van der Waals surface area contributed by atoms with Gasteiger partial charge in [0.1, 0.15) is 0 Å². The lowest BCUT2D eigenvalue weighted by atomic mass is 9.80. The predicted octanol–water partition coefficient (Wildman–Crippen LogP) is 3.88. The van der Waals surface area contributed by atoms with Gasteiger partial charge in [0.15, 0.2) is 23.0 Å². The summed E-state index contributed by atoms with van der Waals surface area (Å²) in [4.78, 5) is 4.55. The van der Waals surface area contributed by atoms with Crippen molar-refractivity contribution >= 4 is 0 Å². The summed E-state index contributed by atoms with van der Waals surface area (Å²) < 4.78 is 11.1. The number of fused-ring (bicyclic) bond motifs is 2. The highest BCUT2D eigenvalue weighted by atomic mass is 16.5. The van der Waals surface area contributed by atoms with Gasteiger partial charge in [-0.05, 0) is 75.2 Å². The van der Waals surface area contributed by atoms with E-state index in [1.165, 1.54) is 0 Å². The Morgan fingerprint density at radius 3 is 1.47 bits per heavy atom. The smallest absolute Gasteiger partial charge is 0.166 e. The van der Waals surface area contributed by atoms with Gasteiger partial charge in [-0.2, -0.15) is 0 Å². The number of rotatable bonds is 3. The van der Waals surface area contributed by atoms with Gasteiger partial charge in [0, 0.05) is 36.3 Å². The molecule has 0 fully saturated rings. The first-order valence-corrected chi connectivity index (χ1v) is 10.6. The maximum Gasteiger partial charge on any atom is 0.166 e. The highest BCUT2D eigenvalue weighted by Crippen LogP contribution is 2.54. The number of ether oxygens (including phenoxy) is 2. The summed E-state index contributed by atoms with van der Waals surface area (Å²) in [7, 11) is 7.33. The zero-order valence-electron chi connectivity index (χ0n) is 18.7. The van der Waals surface area contributed by atoms with Crippen LogP contribution < -0.4 is 9.47 Å². The quantitative estimate of drug-likeness (QED) is 0.798. The second-order valence-electron chi connectivity index (χ2n) is 8.56. The molecule has 6 heteroatoms. The number of phenols is 2. The van der Waals surface area contributed by atoms with Crippen LogP contribution in [0.2, 0.25) is 0 Å². The van der Waals surface area contributed by atoms with Gasteiger partial charge < -0.3 is 19.7 Å². The normalized spacial score (nSPS) is 21.8. The van der Waals surface area contributed by atoms with E-state index >= 15 is 0 Å². The maximum atomic E-state index is 11.3. The van der Waals surface area contributed by atoms with Crippen LogP contribution in [0.15, 0.2) is 12.1 Å². The number of hydrogen-bond donors (Lipinski definition) is 2. The number of likely N-dealkylation sites (N-methyl/N-ethyl adjacent to an activating group) is 2. The molecule has 2 aromatic rings. The Kier molecular flexibility index (Phi) is 5.32. The van der Waals surface area contributed by atoms with E-state index < -0.39 is 0 Å². The Morgan fingerprint density at radius 1 is 0.767 bits per heavy atom. The second kappa shape index (κ2) is 7.67. The van der Waals surface area contributed by atoms with Gasteiger partial charge in [0.2, 0.25) is 0 Å². The molecule has 30 heavy (non-hydrogen) atoms. The largest absolute Gasteiger partial charge is 0.504 e. The molecule has 0 spiro atoms. The van der Waals surface area contributed by atoms with Crippen LogP contribution in [0.1, 0.15) is 48.2 Å². The first-order valence-electron chi connectivity index (χ1n) is 10.6. The lowest BCUT2D eigenvalue weighted by molar-refractivity contribution is 0.244. The van der Waals surface area contributed by atoms with E-state index in [2.05, 4.69) is 37.7 Å². The van der Waals surface area contributed by atoms with Gasteiger partial charge in [0.05, 0.1) is 14.2 Å². The van der Waals surface area contributed by atoms with Gasteiger partial charge in [0.25, 0.3) is 0 Å². The minimum atomic E-state index is 0.0737. The first-order chi connectivity index (χ1) is 14.3. The molecule has 0 saturated heterocycles. The Hall–Kier alpha value is -2.44. The summed E-state index contributed by atoms with van der Waals surface area (Å²) in [6, 6.07) is 4.07. The molecular weight excluding hydrogens is 380 g/mol. The van der Waals surface area contributed by atoms with Crippen molar-refractivity contribution in [3.05, 3.63) is 34.4 Å². The van der Waals surface area contributed by atoms with Gasteiger partial charge in [-0.1, -0.05) is 0 Å². The number of phenolic OH excluding ortho intramolecular Hbond substituents is 2. The molecule has 0 aromatic heterocycles. The lowest BCUT2D eigenvalue weighted by Crippen LogP contribution is -2.32. The van der Waals surface area contributed by atoms with Crippen molar-refractivity contribution in [2.45, 2.75) is 38.8 Å². The molecule has 6 nitrogen and oxygen atoms in total.